The summed E-state index contributed by atoms with van der Waals surface area (Å²) in [6, 6.07) is 5.92. The molecule has 3 heteroatoms. The normalized spacial score (nSPS) is 14.1. The van der Waals surface area contributed by atoms with Crippen LogP contribution in [0.1, 0.15) is 24.0 Å². The van der Waals surface area contributed by atoms with E-state index in [4.69, 9.17) is 9.84 Å². The number of rotatable bonds is 5. The zero-order chi connectivity index (χ0) is 13.7. The highest BCUT2D eigenvalue weighted by Crippen LogP contribution is 2.30. The Morgan fingerprint density at radius 1 is 1.42 bits per heavy atom. The van der Waals surface area contributed by atoms with Crippen molar-refractivity contribution in [2.75, 3.05) is 27.3 Å². The van der Waals surface area contributed by atoms with Crippen LogP contribution in [0.2, 0.25) is 0 Å². The van der Waals surface area contributed by atoms with Crippen molar-refractivity contribution >= 4 is 0 Å². The fourth-order valence-electron chi connectivity index (χ4n) is 2.22. The van der Waals surface area contributed by atoms with Crippen LogP contribution in [-0.4, -0.2) is 37.3 Å². The number of aliphatic hydroxyl groups is 1. The fourth-order valence-corrected chi connectivity index (χ4v) is 2.22. The number of hydrogen-bond donors (Lipinski definition) is 1. The average Bonchev–Trinajstić information content (AvgIpc) is 3.20. The average molecular weight is 259 g/mol. The molecule has 0 radical (unpaired) electrons. The molecular weight excluding hydrogens is 238 g/mol. The van der Waals surface area contributed by atoms with Crippen LogP contribution in [0.4, 0.5) is 0 Å². The van der Waals surface area contributed by atoms with E-state index in [1.807, 2.05) is 18.2 Å². The number of hydrogen-bond acceptors (Lipinski definition) is 3. The lowest BCUT2D eigenvalue weighted by Gasteiger charge is -2.18. The predicted molar refractivity (Wildman–Crippen MR) is 76.0 cm³/mol. The van der Waals surface area contributed by atoms with Crippen molar-refractivity contribution in [2.24, 2.45) is 5.92 Å². The Bertz CT molecular complexity index is 483. The van der Waals surface area contributed by atoms with Crippen LogP contribution in [0.15, 0.2) is 18.2 Å². The van der Waals surface area contributed by atoms with Crippen LogP contribution in [0, 0.1) is 17.8 Å². The molecule has 0 spiro atoms. The molecule has 1 aromatic rings. The van der Waals surface area contributed by atoms with Gasteiger partial charge in [-0.3, -0.25) is 0 Å². The zero-order valence-corrected chi connectivity index (χ0v) is 11.6. The van der Waals surface area contributed by atoms with Crippen molar-refractivity contribution in [3.8, 4) is 17.6 Å². The molecule has 0 heterocycles. The van der Waals surface area contributed by atoms with E-state index in [1.165, 1.54) is 12.8 Å². The lowest BCUT2D eigenvalue weighted by atomic mass is 10.1. The summed E-state index contributed by atoms with van der Waals surface area (Å²) in [6.45, 7) is 1.91. The van der Waals surface area contributed by atoms with Crippen molar-refractivity contribution < 1.29 is 9.84 Å². The fraction of sp³-hybridized carbons (Fsp3) is 0.500. The third-order valence-corrected chi connectivity index (χ3v) is 3.30. The molecular formula is C16H21NO2. The molecule has 0 amide bonds. The molecule has 3 nitrogen and oxygen atoms in total. The molecule has 1 fully saturated rings. The summed E-state index contributed by atoms with van der Waals surface area (Å²) in [5, 5.41) is 8.74. The Balaban J connectivity index is 2.10. The summed E-state index contributed by atoms with van der Waals surface area (Å²) in [7, 11) is 3.84. The molecule has 102 valence electrons. The van der Waals surface area contributed by atoms with E-state index in [-0.39, 0.29) is 6.61 Å². The van der Waals surface area contributed by atoms with Crippen molar-refractivity contribution in [1.29, 1.82) is 0 Å². The van der Waals surface area contributed by atoms with E-state index >= 15 is 0 Å². The van der Waals surface area contributed by atoms with Gasteiger partial charge in [-0.05, 0) is 44.0 Å². The van der Waals surface area contributed by atoms with Crippen molar-refractivity contribution in [3.05, 3.63) is 29.3 Å². The highest BCUT2D eigenvalue weighted by Gasteiger charge is 2.23. The first-order valence-electron chi connectivity index (χ1n) is 6.68. The molecule has 2 rings (SSSR count). The maximum Gasteiger partial charge on any atom is 0.123 e. The van der Waals surface area contributed by atoms with E-state index in [1.54, 1.807) is 7.11 Å². The number of ether oxygens (including phenoxy) is 1. The Labute approximate surface area is 115 Å². The van der Waals surface area contributed by atoms with E-state index in [2.05, 4.69) is 23.8 Å². The summed E-state index contributed by atoms with van der Waals surface area (Å²) in [4.78, 5) is 2.33. The lowest BCUT2D eigenvalue weighted by Crippen LogP contribution is -2.20. The van der Waals surface area contributed by atoms with Gasteiger partial charge in [-0.1, -0.05) is 11.8 Å². The molecule has 0 aromatic heterocycles. The third-order valence-electron chi connectivity index (χ3n) is 3.30. The van der Waals surface area contributed by atoms with E-state index in [9.17, 15) is 0 Å². The molecule has 0 unspecified atom stereocenters. The number of methoxy groups -OCH3 is 1. The molecule has 1 saturated carbocycles. The maximum atomic E-state index is 8.74. The third kappa shape index (κ3) is 4.27. The molecule has 0 saturated heterocycles. The Morgan fingerprint density at radius 3 is 2.84 bits per heavy atom. The second kappa shape index (κ2) is 6.60. The second-order valence-electron chi connectivity index (χ2n) is 5.13. The van der Waals surface area contributed by atoms with Crippen molar-refractivity contribution in [1.82, 2.24) is 4.90 Å². The van der Waals surface area contributed by atoms with E-state index in [0.29, 0.717) is 0 Å². The highest BCUT2D eigenvalue weighted by molar-refractivity contribution is 5.44. The molecule has 1 aliphatic rings. The molecule has 19 heavy (non-hydrogen) atoms. The monoisotopic (exact) mass is 259 g/mol. The van der Waals surface area contributed by atoms with Gasteiger partial charge in [-0.15, -0.1) is 0 Å². The SMILES string of the molecule is COc1ccc(C#CCO)cc1CN(C)CC1CC1. The molecule has 0 bridgehead atoms. The van der Waals surface area contributed by atoms with Gasteiger partial charge in [0.25, 0.3) is 0 Å². The van der Waals surface area contributed by atoms with Gasteiger partial charge in [0.1, 0.15) is 12.4 Å². The Hall–Kier alpha value is -1.50. The minimum atomic E-state index is -0.108. The minimum absolute atomic E-state index is 0.108. The van der Waals surface area contributed by atoms with Crippen LogP contribution in [0.5, 0.6) is 5.75 Å². The van der Waals surface area contributed by atoms with Crippen LogP contribution in [0.3, 0.4) is 0 Å². The predicted octanol–water partition coefficient (Wildman–Crippen LogP) is 1.88. The number of nitrogens with zero attached hydrogens (tertiary/aromatic N) is 1. The van der Waals surface area contributed by atoms with Crippen LogP contribution < -0.4 is 4.74 Å². The lowest BCUT2D eigenvalue weighted by molar-refractivity contribution is 0.305. The topological polar surface area (TPSA) is 32.7 Å². The van der Waals surface area contributed by atoms with E-state index < -0.39 is 0 Å². The summed E-state index contributed by atoms with van der Waals surface area (Å²) < 4.78 is 5.40. The first-order chi connectivity index (χ1) is 9.22. The van der Waals surface area contributed by atoms with Gasteiger partial charge in [0.15, 0.2) is 0 Å². The first kappa shape index (κ1) is 13.9. The summed E-state index contributed by atoms with van der Waals surface area (Å²) >= 11 is 0. The Morgan fingerprint density at radius 2 is 2.21 bits per heavy atom. The quantitative estimate of drug-likeness (QED) is 0.820. The van der Waals surface area contributed by atoms with Gasteiger partial charge < -0.3 is 14.7 Å². The Kier molecular flexibility index (Phi) is 4.84. The first-order valence-corrected chi connectivity index (χ1v) is 6.68. The summed E-state index contributed by atoms with van der Waals surface area (Å²) in [5.74, 6) is 7.40. The van der Waals surface area contributed by atoms with Crippen molar-refractivity contribution in [2.45, 2.75) is 19.4 Å². The van der Waals surface area contributed by atoms with Gasteiger partial charge in [0.2, 0.25) is 0 Å². The smallest absolute Gasteiger partial charge is 0.123 e. The molecule has 1 aliphatic carbocycles. The van der Waals surface area contributed by atoms with Gasteiger partial charge in [-0.2, -0.15) is 0 Å². The highest BCUT2D eigenvalue weighted by atomic mass is 16.5. The summed E-state index contributed by atoms with van der Waals surface area (Å²) in [6.07, 6.45) is 2.73. The van der Waals surface area contributed by atoms with Crippen LogP contribution >= 0.6 is 0 Å². The standard InChI is InChI=1S/C16H21NO2/c1-17(11-14-5-6-14)12-15-10-13(4-3-9-18)7-8-16(15)19-2/h7-8,10,14,18H,5-6,9,11-12H2,1-2H3. The molecule has 0 aliphatic heterocycles. The van der Waals surface area contributed by atoms with Gasteiger partial charge in [0, 0.05) is 24.2 Å². The molecule has 0 atom stereocenters. The zero-order valence-electron chi connectivity index (χ0n) is 11.6. The molecule has 1 aromatic carbocycles. The molecule has 1 N–H and O–H groups in total. The van der Waals surface area contributed by atoms with Gasteiger partial charge in [-0.25, -0.2) is 0 Å². The minimum Gasteiger partial charge on any atom is -0.496 e. The van der Waals surface area contributed by atoms with Gasteiger partial charge in [0.05, 0.1) is 7.11 Å². The number of benzene rings is 1. The van der Waals surface area contributed by atoms with Gasteiger partial charge >= 0.3 is 0 Å². The van der Waals surface area contributed by atoms with E-state index in [0.717, 1.165) is 35.9 Å². The second-order valence-corrected chi connectivity index (χ2v) is 5.13. The van der Waals surface area contributed by atoms with Crippen LogP contribution in [0.25, 0.3) is 0 Å². The summed E-state index contributed by atoms with van der Waals surface area (Å²) in [5.41, 5.74) is 2.07. The van der Waals surface area contributed by atoms with Crippen molar-refractivity contribution in [3.63, 3.8) is 0 Å². The largest absolute Gasteiger partial charge is 0.496 e. The maximum absolute atomic E-state index is 8.74. The number of aliphatic hydroxyl groups excluding tert-OH is 1. The van der Waals surface area contributed by atoms with Crippen LogP contribution in [-0.2, 0) is 6.54 Å².